The van der Waals surface area contributed by atoms with Crippen molar-refractivity contribution in [1.82, 2.24) is 4.98 Å². The monoisotopic (exact) mass is 695 g/mol. The molecule has 6 N–H and O–H groups in total. The lowest BCUT2D eigenvalue weighted by Gasteiger charge is -2.08. The normalized spacial score (nSPS) is 10.0. The fraction of sp³-hybridized carbons (Fsp3) is 0. The van der Waals surface area contributed by atoms with Gasteiger partial charge in [0, 0.05) is 11.8 Å². The number of nitrogens with two attached hydrogens (primary N) is 2. The molecule has 0 saturated carbocycles. The van der Waals surface area contributed by atoms with Gasteiger partial charge < -0.3 is 31.0 Å². The molecule has 252 valence electrons. The molecule has 0 radical (unpaired) electrons. The molecule has 6 aromatic rings. The predicted octanol–water partition coefficient (Wildman–Crippen LogP) is 6.52. The Balaban J connectivity index is 0.000000182. The van der Waals surface area contributed by atoms with Crippen molar-refractivity contribution >= 4 is 36.0 Å². The minimum absolute atomic E-state index is 0.318. The first-order valence-corrected chi connectivity index (χ1v) is 15.1. The zero-order valence-electron chi connectivity index (χ0n) is 26.1. The van der Waals surface area contributed by atoms with Gasteiger partial charge in [-0.05, 0) is 115 Å². The highest BCUT2D eigenvalue weighted by molar-refractivity contribution is 6.58. The second-order valence-corrected chi connectivity index (χ2v) is 10.6. The van der Waals surface area contributed by atoms with Gasteiger partial charge in [0.05, 0.1) is 21.8 Å². The Morgan fingerprint density at radius 3 is 1.44 bits per heavy atom. The fourth-order valence-corrected chi connectivity index (χ4v) is 4.39. The van der Waals surface area contributed by atoms with Gasteiger partial charge in [-0.2, -0.15) is 0 Å². The summed E-state index contributed by atoms with van der Waals surface area (Å²) in [5.41, 5.74) is 12.7. The number of hydrogen-bond donors (Lipinski definition) is 4. The predicted molar refractivity (Wildman–Crippen MR) is 187 cm³/mol. The van der Waals surface area contributed by atoms with E-state index < -0.39 is 18.9 Å². The van der Waals surface area contributed by atoms with Crippen molar-refractivity contribution in [2.24, 2.45) is 11.5 Å². The Morgan fingerprint density at radius 1 is 0.600 bits per heavy atom. The van der Waals surface area contributed by atoms with Gasteiger partial charge in [0.15, 0.2) is 0 Å². The van der Waals surface area contributed by atoms with E-state index in [1.165, 1.54) is 36.4 Å². The van der Waals surface area contributed by atoms with Crippen LogP contribution in [-0.4, -0.2) is 34.0 Å². The van der Waals surface area contributed by atoms with Gasteiger partial charge in [-0.3, -0.25) is 14.6 Å². The molecule has 13 heteroatoms. The Kier molecular flexibility index (Phi) is 13.2. The van der Waals surface area contributed by atoms with Crippen LogP contribution in [0.15, 0.2) is 140 Å². The number of rotatable bonds is 8. The minimum atomic E-state index is -1.49. The highest BCUT2D eigenvalue weighted by atomic mass is 35.5. The molecule has 0 atom stereocenters. The number of halogens is 3. The second-order valence-electron chi connectivity index (χ2n) is 10.2. The number of aromatic nitrogens is 1. The minimum Gasteiger partial charge on any atom is -0.457 e. The van der Waals surface area contributed by atoms with E-state index in [0.717, 1.165) is 5.56 Å². The van der Waals surface area contributed by atoms with Crippen molar-refractivity contribution in [3.63, 3.8) is 0 Å². The summed E-state index contributed by atoms with van der Waals surface area (Å²) in [6.07, 6.45) is 1.60. The van der Waals surface area contributed by atoms with Crippen molar-refractivity contribution in [2.45, 2.75) is 0 Å². The number of nitrogens with zero attached hydrogens (tertiary/aromatic N) is 1. The van der Waals surface area contributed by atoms with Crippen LogP contribution in [0.4, 0.5) is 8.78 Å². The van der Waals surface area contributed by atoms with Crippen molar-refractivity contribution < 1.29 is 37.9 Å². The van der Waals surface area contributed by atoms with Gasteiger partial charge in [-0.25, -0.2) is 8.78 Å². The topological polar surface area (TPSA) is 158 Å². The van der Waals surface area contributed by atoms with Crippen LogP contribution in [0.2, 0.25) is 5.02 Å². The molecule has 0 unspecified atom stereocenters. The Labute approximate surface area is 291 Å². The highest BCUT2D eigenvalue weighted by Crippen LogP contribution is 2.27. The lowest BCUT2D eigenvalue weighted by molar-refractivity contribution is 0.0992. The third-order valence-corrected chi connectivity index (χ3v) is 6.95. The average molecular weight is 696 g/mol. The number of ether oxygens (including phenoxy) is 2. The summed E-state index contributed by atoms with van der Waals surface area (Å²) in [6.45, 7) is 0. The number of hydrogen-bond acceptors (Lipinski definition) is 7. The smallest absolute Gasteiger partial charge is 0.457 e. The van der Waals surface area contributed by atoms with Crippen LogP contribution in [0.1, 0.15) is 20.7 Å². The highest BCUT2D eigenvalue weighted by Gasteiger charge is 2.12. The number of benzene rings is 5. The van der Waals surface area contributed by atoms with Crippen molar-refractivity contribution in [1.29, 1.82) is 0 Å². The van der Waals surface area contributed by atoms with Gasteiger partial charge in [0.2, 0.25) is 5.91 Å². The van der Waals surface area contributed by atoms with E-state index in [4.69, 9.17) is 42.6 Å². The van der Waals surface area contributed by atoms with Gasteiger partial charge in [0.1, 0.15) is 34.6 Å². The summed E-state index contributed by atoms with van der Waals surface area (Å²) in [5.74, 6) is 0.528. The first-order chi connectivity index (χ1) is 24.0. The van der Waals surface area contributed by atoms with E-state index in [9.17, 15) is 18.4 Å². The molecular formula is C37H29BClF2N3O6. The third-order valence-electron chi connectivity index (χ3n) is 6.62. The average Bonchev–Trinajstić information content (AvgIpc) is 3.11. The number of carbonyl (C=O) groups is 2. The van der Waals surface area contributed by atoms with Crippen molar-refractivity contribution in [2.75, 3.05) is 0 Å². The van der Waals surface area contributed by atoms with Crippen LogP contribution in [0.5, 0.6) is 23.0 Å². The summed E-state index contributed by atoms with van der Waals surface area (Å²) in [4.78, 5) is 26.2. The van der Waals surface area contributed by atoms with Gasteiger partial charge >= 0.3 is 7.12 Å². The second kappa shape index (κ2) is 17.9. The maximum Gasteiger partial charge on any atom is 0.488 e. The van der Waals surface area contributed by atoms with E-state index >= 15 is 0 Å². The van der Waals surface area contributed by atoms with E-state index in [-0.39, 0.29) is 11.6 Å². The summed E-state index contributed by atoms with van der Waals surface area (Å²) in [5, 5.41) is 18.2. The molecule has 0 aliphatic heterocycles. The molecule has 50 heavy (non-hydrogen) atoms. The summed E-state index contributed by atoms with van der Waals surface area (Å²) in [6, 6.07) is 34.8. The lowest BCUT2D eigenvalue weighted by atomic mass is 9.80. The van der Waals surface area contributed by atoms with Crippen LogP contribution in [0.25, 0.3) is 11.3 Å². The van der Waals surface area contributed by atoms with E-state index in [2.05, 4.69) is 4.98 Å². The van der Waals surface area contributed by atoms with Gasteiger partial charge in [-0.1, -0.05) is 35.9 Å². The molecule has 0 fully saturated rings. The number of carbonyl (C=O) groups excluding carboxylic acids is 2. The molecule has 5 aromatic carbocycles. The van der Waals surface area contributed by atoms with E-state index in [0.29, 0.717) is 50.3 Å². The fourth-order valence-electron chi connectivity index (χ4n) is 4.16. The Bertz CT molecular complexity index is 2020. The van der Waals surface area contributed by atoms with Crippen LogP contribution in [0.3, 0.4) is 0 Å². The molecule has 0 bridgehead atoms. The molecule has 0 saturated heterocycles. The molecule has 0 aliphatic rings. The number of amides is 2. The van der Waals surface area contributed by atoms with Crippen molar-refractivity contribution in [3.8, 4) is 34.3 Å². The zero-order valence-corrected chi connectivity index (χ0v) is 26.9. The molecule has 9 nitrogen and oxygen atoms in total. The van der Waals surface area contributed by atoms with Gasteiger partial charge in [0.25, 0.3) is 5.91 Å². The zero-order chi connectivity index (χ0) is 36.0. The Morgan fingerprint density at radius 2 is 1.02 bits per heavy atom. The first kappa shape index (κ1) is 36.8. The first-order valence-electron chi connectivity index (χ1n) is 14.7. The molecule has 1 heterocycles. The standard InChI is InChI=1S/C18H13FN2O2.C12H10BFO3.C7H6ClNO/c19-13-5-9-15(10-6-13)23-14-7-3-12(4-8-14)17-16(18(20)22)2-1-11-21-17;14-10-3-7-12(8-4-10)17-11-5-1-9(2-6-11)13(15)16;8-6-4-2-1-3-5(6)7(9)10/h1-11H,(H2,20,22);1-8,15-16H;1-4H,(H2,9,10). The van der Waals surface area contributed by atoms with E-state index in [1.807, 2.05) is 0 Å². The summed E-state index contributed by atoms with van der Waals surface area (Å²) >= 11 is 5.62. The summed E-state index contributed by atoms with van der Waals surface area (Å²) in [7, 11) is -1.49. The molecule has 1 aromatic heterocycles. The molecule has 0 spiro atoms. The molecule has 2 amide bonds. The quantitative estimate of drug-likeness (QED) is 0.132. The van der Waals surface area contributed by atoms with Crippen LogP contribution in [0, 0.1) is 11.6 Å². The number of pyridine rings is 1. The van der Waals surface area contributed by atoms with E-state index in [1.54, 1.807) is 103 Å². The number of primary amides is 2. The molecular weight excluding hydrogens is 667 g/mol. The maximum atomic E-state index is 12.9. The third kappa shape index (κ3) is 11.0. The Hall–Kier alpha value is -6.08. The molecule has 0 aliphatic carbocycles. The summed E-state index contributed by atoms with van der Waals surface area (Å²) < 4.78 is 36.6. The molecule has 6 rings (SSSR count). The lowest BCUT2D eigenvalue weighted by Crippen LogP contribution is -2.29. The van der Waals surface area contributed by atoms with Crippen LogP contribution in [-0.2, 0) is 0 Å². The van der Waals surface area contributed by atoms with Gasteiger partial charge in [-0.15, -0.1) is 0 Å². The maximum absolute atomic E-state index is 12.9. The van der Waals surface area contributed by atoms with Crippen LogP contribution < -0.4 is 26.4 Å². The van der Waals surface area contributed by atoms with Crippen LogP contribution >= 0.6 is 11.6 Å². The SMILES string of the molecule is NC(=O)c1ccccc1Cl.NC(=O)c1cccnc1-c1ccc(Oc2ccc(F)cc2)cc1.OB(O)c1ccc(Oc2ccc(F)cc2)cc1. The largest absolute Gasteiger partial charge is 0.488 e. The van der Waals surface area contributed by atoms with Crippen molar-refractivity contribution in [3.05, 3.63) is 167 Å².